The lowest BCUT2D eigenvalue weighted by Crippen LogP contribution is -2.28. The second kappa shape index (κ2) is 14.0. The fraction of sp³-hybridized carbons (Fsp3) is 0.500. The quantitative estimate of drug-likeness (QED) is 0.178. The van der Waals surface area contributed by atoms with Crippen LogP contribution in [-0.2, 0) is 6.42 Å². The summed E-state index contributed by atoms with van der Waals surface area (Å²) in [5.41, 5.74) is 3.68. The molecule has 4 heteroatoms. The molecule has 1 heterocycles. The number of nitrogens with one attached hydrogen (secondary N) is 1. The third-order valence-corrected chi connectivity index (χ3v) is 6.42. The molecule has 0 radical (unpaired) electrons. The van der Waals surface area contributed by atoms with Crippen LogP contribution in [0.3, 0.4) is 0 Å². The minimum Gasteiger partial charge on any atom is -0.494 e. The second-order valence-electron chi connectivity index (χ2n) is 9.27. The number of fused-ring (bicyclic) bond motifs is 1. The van der Waals surface area contributed by atoms with E-state index in [1.54, 1.807) is 0 Å². The highest BCUT2D eigenvalue weighted by atomic mass is 16.5. The van der Waals surface area contributed by atoms with Crippen LogP contribution >= 0.6 is 0 Å². The maximum Gasteiger partial charge on any atom is 0.193 e. The predicted octanol–water partition coefficient (Wildman–Crippen LogP) is 7.41. The molecule has 0 amide bonds. The Hall–Kier alpha value is -2.59. The number of carbonyl (C=O) groups excluding carboxylic acids is 1. The van der Waals surface area contributed by atoms with Crippen LogP contribution in [0.5, 0.6) is 5.75 Å². The molecular weight excluding hydrogens is 420 g/mol. The van der Waals surface area contributed by atoms with Crippen LogP contribution in [0, 0.1) is 0 Å². The van der Waals surface area contributed by atoms with Crippen LogP contribution in [0.4, 0.5) is 0 Å². The van der Waals surface area contributed by atoms with Gasteiger partial charge in [-0.1, -0.05) is 52.2 Å². The van der Waals surface area contributed by atoms with Gasteiger partial charge in [0.05, 0.1) is 6.61 Å². The van der Waals surface area contributed by atoms with Gasteiger partial charge in [0.15, 0.2) is 5.78 Å². The van der Waals surface area contributed by atoms with E-state index in [-0.39, 0.29) is 5.78 Å². The average molecular weight is 463 g/mol. The molecule has 0 aliphatic heterocycles. The Kier molecular flexibility index (Phi) is 10.7. The summed E-state index contributed by atoms with van der Waals surface area (Å²) in [4.78, 5) is 19.3. The normalized spacial score (nSPS) is 11.4. The Balaban J connectivity index is 1.56. The van der Waals surface area contributed by atoms with Gasteiger partial charge in [-0.25, -0.2) is 0 Å². The van der Waals surface area contributed by atoms with Crippen LogP contribution in [0.2, 0.25) is 0 Å². The van der Waals surface area contributed by atoms with Gasteiger partial charge in [-0.2, -0.15) is 0 Å². The lowest BCUT2D eigenvalue weighted by atomic mass is 10.00. The average Bonchev–Trinajstić information content (AvgIpc) is 3.29. The van der Waals surface area contributed by atoms with Crippen LogP contribution in [0.25, 0.3) is 10.9 Å². The van der Waals surface area contributed by atoms with E-state index in [0.717, 1.165) is 54.4 Å². The number of carbonyl (C=O) groups is 1. The zero-order valence-corrected chi connectivity index (χ0v) is 21.4. The number of rotatable bonds is 16. The lowest BCUT2D eigenvalue weighted by Gasteiger charge is -2.21. The van der Waals surface area contributed by atoms with Gasteiger partial charge in [-0.3, -0.25) is 4.79 Å². The van der Waals surface area contributed by atoms with Gasteiger partial charge in [-0.15, -0.1) is 0 Å². The number of ketones is 1. The second-order valence-corrected chi connectivity index (χ2v) is 9.27. The lowest BCUT2D eigenvalue weighted by molar-refractivity contribution is 0.104. The number of aryl methyl sites for hydroxylation is 1. The highest BCUT2D eigenvalue weighted by Crippen LogP contribution is 2.24. The van der Waals surface area contributed by atoms with Gasteiger partial charge >= 0.3 is 0 Å². The van der Waals surface area contributed by atoms with Crippen LogP contribution in [0.1, 0.15) is 87.3 Å². The maximum absolute atomic E-state index is 13.2. The van der Waals surface area contributed by atoms with Crippen LogP contribution in [-0.4, -0.2) is 41.9 Å². The topological polar surface area (TPSA) is 45.3 Å². The van der Waals surface area contributed by atoms with Crippen molar-refractivity contribution in [2.45, 2.75) is 72.1 Å². The largest absolute Gasteiger partial charge is 0.494 e. The SMILES string of the molecule is CCCCc1cc2c(C(=O)c3ccc(OCCCN(CCCC)CCCC)cc3)cccc2[nH]1. The molecule has 2 aromatic carbocycles. The number of hydrogen-bond acceptors (Lipinski definition) is 3. The molecule has 0 spiro atoms. The number of aromatic nitrogens is 1. The zero-order chi connectivity index (χ0) is 24.2. The number of H-pyrrole nitrogens is 1. The summed E-state index contributed by atoms with van der Waals surface area (Å²) in [6.45, 7) is 10.8. The first-order valence-corrected chi connectivity index (χ1v) is 13.3. The fourth-order valence-electron chi connectivity index (χ4n) is 4.35. The fourth-order valence-corrected chi connectivity index (χ4v) is 4.35. The van der Waals surface area contributed by atoms with Crippen molar-refractivity contribution >= 4 is 16.7 Å². The van der Waals surface area contributed by atoms with Gasteiger partial charge in [0.2, 0.25) is 0 Å². The minimum atomic E-state index is 0.0562. The molecule has 0 saturated carbocycles. The van der Waals surface area contributed by atoms with E-state index in [1.807, 2.05) is 42.5 Å². The smallest absolute Gasteiger partial charge is 0.193 e. The van der Waals surface area contributed by atoms with Crippen molar-refractivity contribution in [1.82, 2.24) is 9.88 Å². The van der Waals surface area contributed by atoms with E-state index in [4.69, 9.17) is 4.74 Å². The minimum absolute atomic E-state index is 0.0562. The molecule has 0 unspecified atom stereocenters. The summed E-state index contributed by atoms with van der Waals surface area (Å²) in [5.74, 6) is 0.882. The Morgan fingerprint density at radius 3 is 2.21 bits per heavy atom. The first kappa shape index (κ1) is 26.0. The first-order chi connectivity index (χ1) is 16.7. The third kappa shape index (κ3) is 7.46. The van der Waals surface area contributed by atoms with Gasteiger partial charge in [0.25, 0.3) is 0 Å². The molecule has 4 nitrogen and oxygen atoms in total. The molecule has 0 aliphatic carbocycles. The summed E-state index contributed by atoms with van der Waals surface area (Å²) >= 11 is 0. The van der Waals surface area contributed by atoms with E-state index in [9.17, 15) is 4.79 Å². The van der Waals surface area contributed by atoms with Crippen LogP contribution < -0.4 is 4.74 Å². The predicted molar refractivity (Wildman–Crippen MR) is 143 cm³/mol. The summed E-state index contributed by atoms with van der Waals surface area (Å²) < 4.78 is 5.97. The number of nitrogens with zero attached hydrogens (tertiary/aromatic N) is 1. The zero-order valence-electron chi connectivity index (χ0n) is 21.4. The number of unbranched alkanes of at least 4 members (excludes halogenated alkanes) is 3. The third-order valence-electron chi connectivity index (χ3n) is 6.42. The van der Waals surface area contributed by atoms with Gasteiger partial charge < -0.3 is 14.6 Å². The Morgan fingerprint density at radius 1 is 0.853 bits per heavy atom. The summed E-state index contributed by atoms with van der Waals surface area (Å²) in [7, 11) is 0. The molecule has 0 fully saturated rings. The number of ether oxygens (including phenoxy) is 1. The molecule has 0 atom stereocenters. The van der Waals surface area contributed by atoms with Crippen molar-refractivity contribution in [2.75, 3.05) is 26.2 Å². The molecule has 34 heavy (non-hydrogen) atoms. The first-order valence-electron chi connectivity index (χ1n) is 13.3. The van der Waals surface area contributed by atoms with E-state index < -0.39 is 0 Å². The van der Waals surface area contributed by atoms with Crippen molar-refractivity contribution < 1.29 is 9.53 Å². The van der Waals surface area contributed by atoms with E-state index >= 15 is 0 Å². The van der Waals surface area contributed by atoms with E-state index in [2.05, 4.69) is 36.7 Å². The van der Waals surface area contributed by atoms with Crippen molar-refractivity contribution in [3.8, 4) is 5.75 Å². The highest BCUT2D eigenvalue weighted by molar-refractivity contribution is 6.16. The molecule has 1 aromatic heterocycles. The van der Waals surface area contributed by atoms with Gasteiger partial charge in [0.1, 0.15) is 5.75 Å². The van der Waals surface area contributed by atoms with Crippen molar-refractivity contribution in [3.63, 3.8) is 0 Å². The summed E-state index contributed by atoms with van der Waals surface area (Å²) in [5, 5.41) is 1.01. The molecule has 3 rings (SSSR count). The highest BCUT2D eigenvalue weighted by Gasteiger charge is 2.14. The maximum atomic E-state index is 13.2. The van der Waals surface area contributed by atoms with Gasteiger partial charge in [-0.05, 0) is 81.6 Å². The van der Waals surface area contributed by atoms with Gasteiger partial charge in [0, 0.05) is 34.3 Å². The standard InChI is InChI=1S/C30H42N2O2/c1-4-7-12-25-23-28-27(13-10-14-29(28)31-25)30(33)24-15-17-26(18-16-24)34-22-11-21-32(19-8-5-2)20-9-6-3/h10,13-18,23,31H,4-9,11-12,19-22H2,1-3H3. The molecule has 0 bridgehead atoms. The monoisotopic (exact) mass is 462 g/mol. The van der Waals surface area contributed by atoms with E-state index in [0.29, 0.717) is 12.2 Å². The molecule has 3 aromatic rings. The molecule has 0 aliphatic rings. The van der Waals surface area contributed by atoms with Crippen LogP contribution in [0.15, 0.2) is 48.5 Å². The van der Waals surface area contributed by atoms with Crippen molar-refractivity contribution in [2.24, 2.45) is 0 Å². The molecular formula is C30H42N2O2. The Morgan fingerprint density at radius 2 is 1.53 bits per heavy atom. The Labute approximate surface area is 205 Å². The summed E-state index contributed by atoms with van der Waals surface area (Å²) in [6.07, 6.45) is 9.33. The van der Waals surface area contributed by atoms with Crippen molar-refractivity contribution in [3.05, 3.63) is 65.4 Å². The number of aromatic amines is 1. The molecule has 1 N–H and O–H groups in total. The molecule has 0 saturated heterocycles. The summed E-state index contributed by atoms with van der Waals surface area (Å²) in [6, 6.07) is 15.7. The van der Waals surface area contributed by atoms with Crippen molar-refractivity contribution in [1.29, 1.82) is 0 Å². The van der Waals surface area contributed by atoms with E-state index in [1.165, 1.54) is 44.5 Å². The number of benzene rings is 2. The number of hydrogen-bond donors (Lipinski definition) is 1. The molecule has 184 valence electrons. The Bertz CT molecular complexity index is 998.